The number of H-pyrrole nitrogens is 1. The molecule has 1 atom stereocenters. The fraction of sp³-hybridized carbons (Fsp3) is 0.750. The van der Waals surface area contributed by atoms with Gasteiger partial charge in [0.25, 0.3) is 0 Å². The lowest BCUT2D eigenvalue weighted by Gasteiger charge is -2.27. The van der Waals surface area contributed by atoms with Crippen molar-refractivity contribution in [2.75, 3.05) is 21.3 Å². The Hall–Kier alpha value is -0.693. The molecule has 0 spiro atoms. The highest BCUT2D eigenvalue weighted by atomic mass is 28.4. The Morgan fingerprint density at radius 1 is 1.28 bits per heavy atom. The Labute approximate surface area is 110 Å². The van der Waals surface area contributed by atoms with Gasteiger partial charge in [-0.05, 0) is 12.8 Å². The molecule has 104 valence electrons. The van der Waals surface area contributed by atoms with Gasteiger partial charge in [-0.1, -0.05) is 13.3 Å². The normalized spacial score (nSPS) is 13.8. The van der Waals surface area contributed by atoms with Crippen molar-refractivity contribution < 1.29 is 13.3 Å². The molecule has 0 aliphatic heterocycles. The quantitative estimate of drug-likeness (QED) is 0.737. The summed E-state index contributed by atoms with van der Waals surface area (Å²) in [6.07, 6.45) is 3.80. The van der Waals surface area contributed by atoms with Gasteiger partial charge < -0.3 is 18.3 Å². The van der Waals surface area contributed by atoms with Gasteiger partial charge in [-0.15, -0.1) is 0 Å². The van der Waals surface area contributed by atoms with Crippen molar-refractivity contribution in [2.24, 2.45) is 5.92 Å². The molecule has 1 heterocycles. The van der Waals surface area contributed by atoms with Gasteiger partial charge in [-0.2, -0.15) is 0 Å². The molecular formula is C12H24N2O3Si. The van der Waals surface area contributed by atoms with Crippen LogP contribution in [0.15, 0.2) is 6.20 Å². The van der Waals surface area contributed by atoms with E-state index < -0.39 is 8.80 Å². The molecule has 1 aromatic rings. The van der Waals surface area contributed by atoms with Gasteiger partial charge in [0, 0.05) is 45.7 Å². The van der Waals surface area contributed by atoms with Gasteiger partial charge in [0.15, 0.2) is 0 Å². The maximum absolute atomic E-state index is 5.48. The van der Waals surface area contributed by atoms with Crippen molar-refractivity contribution in [1.82, 2.24) is 9.97 Å². The maximum Gasteiger partial charge on any atom is 0.500 e. The third kappa shape index (κ3) is 3.91. The topological polar surface area (TPSA) is 56.4 Å². The van der Waals surface area contributed by atoms with E-state index in [-0.39, 0.29) is 0 Å². The summed E-state index contributed by atoms with van der Waals surface area (Å²) in [6.45, 7) is 4.18. The van der Waals surface area contributed by atoms with E-state index >= 15 is 0 Å². The van der Waals surface area contributed by atoms with Gasteiger partial charge >= 0.3 is 8.80 Å². The van der Waals surface area contributed by atoms with Gasteiger partial charge in [-0.25, -0.2) is 4.98 Å². The van der Waals surface area contributed by atoms with Gasteiger partial charge in [-0.3, -0.25) is 0 Å². The number of nitrogens with one attached hydrogen (secondary N) is 1. The Kier molecular flexibility index (Phi) is 6.00. The van der Waals surface area contributed by atoms with Crippen LogP contribution in [0.1, 0.15) is 24.9 Å². The summed E-state index contributed by atoms with van der Waals surface area (Å²) in [7, 11) is 2.48. The molecular weight excluding hydrogens is 248 g/mol. The average molecular weight is 272 g/mol. The number of aromatic nitrogens is 2. The first-order valence-electron chi connectivity index (χ1n) is 6.25. The summed E-state index contributed by atoms with van der Waals surface area (Å²) in [5.74, 6) is 1.47. The molecule has 0 fully saturated rings. The summed E-state index contributed by atoms with van der Waals surface area (Å²) >= 11 is 0. The van der Waals surface area contributed by atoms with Crippen molar-refractivity contribution >= 4 is 8.80 Å². The molecule has 0 bridgehead atoms. The number of rotatable bonds is 8. The van der Waals surface area contributed by atoms with Crippen molar-refractivity contribution in [3.63, 3.8) is 0 Å². The van der Waals surface area contributed by atoms with Gasteiger partial charge in [0.05, 0.1) is 0 Å². The number of nitrogens with zero attached hydrogens (tertiary/aromatic N) is 1. The highest BCUT2D eigenvalue weighted by Gasteiger charge is 2.40. The molecule has 0 saturated carbocycles. The lowest BCUT2D eigenvalue weighted by atomic mass is 10.1. The molecule has 0 aromatic carbocycles. The number of aryl methyl sites for hydroxylation is 1. The number of imidazole rings is 1. The van der Waals surface area contributed by atoms with Crippen LogP contribution in [0.5, 0.6) is 0 Å². The Balaban J connectivity index is 2.66. The van der Waals surface area contributed by atoms with Crippen LogP contribution < -0.4 is 0 Å². The largest absolute Gasteiger partial charge is 0.500 e. The standard InChI is InChI=1S/C12H24N2O3Si/c1-6-11(7-12-13-8-10(2)14-12)9-18(15-3,16-4)17-5/h8,11H,6-7,9H2,1-5H3,(H,13,14). The van der Waals surface area contributed by atoms with E-state index in [1.807, 2.05) is 13.1 Å². The predicted molar refractivity (Wildman–Crippen MR) is 72.4 cm³/mol. The minimum absolute atomic E-state index is 0.446. The maximum atomic E-state index is 5.48. The van der Waals surface area contributed by atoms with Crippen molar-refractivity contribution in [3.8, 4) is 0 Å². The Bertz CT molecular complexity index is 345. The van der Waals surface area contributed by atoms with Gasteiger partial charge in [0.1, 0.15) is 5.82 Å². The molecule has 1 rings (SSSR count). The monoisotopic (exact) mass is 272 g/mol. The third-order valence-electron chi connectivity index (χ3n) is 3.29. The fourth-order valence-corrected chi connectivity index (χ4v) is 4.20. The van der Waals surface area contributed by atoms with Crippen LogP contribution in [0.25, 0.3) is 0 Å². The van der Waals surface area contributed by atoms with Crippen LogP contribution >= 0.6 is 0 Å². The smallest absolute Gasteiger partial charge is 0.377 e. The zero-order chi connectivity index (χ0) is 13.6. The molecule has 1 unspecified atom stereocenters. The van der Waals surface area contributed by atoms with E-state index in [0.29, 0.717) is 5.92 Å². The first-order valence-corrected chi connectivity index (χ1v) is 8.18. The van der Waals surface area contributed by atoms with E-state index in [1.165, 1.54) is 0 Å². The van der Waals surface area contributed by atoms with E-state index in [0.717, 1.165) is 30.4 Å². The number of hydrogen-bond acceptors (Lipinski definition) is 4. The highest BCUT2D eigenvalue weighted by molar-refractivity contribution is 6.60. The summed E-state index contributed by atoms with van der Waals surface area (Å²) in [4.78, 5) is 7.61. The van der Waals surface area contributed by atoms with Gasteiger partial charge in [0.2, 0.25) is 0 Å². The summed E-state index contributed by atoms with van der Waals surface area (Å²) in [6, 6.07) is 0.812. The van der Waals surface area contributed by atoms with E-state index in [9.17, 15) is 0 Å². The minimum atomic E-state index is -2.49. The zero-order valence-corrected chi connectivity index (χ0v) is 12.9. The SMILES string of the molecule is CCC(Cc1ncc(C)[nH]1)C[Si](OC)(OC)OC. The average Bonchev–Trinajstić information content (AvgIpc) is 2.80. The second-order valence-corrected chi connectivity index (χ2v) is 7.49. The summed E-state index contributed by atoms with van der Waals surface area (Å²) in [5, 5.41) is 0. The summed E-state index contributed by atoms with van der Waals surface area (Å²) < 4.78 is 16.4. The van der Waals surface area contributed by atoms with Crippen molar-refractivity contribution in [1.29, 1.82) is 0 Å². The molecule has 0 radical (unpaired) electrons. The zero-order valence-electron chi connectivity index (χ0n) is 11.9. The van der Waals surface area contributed by atoms with E-state index in [1.54, 1.807) is 21.3 Å². The van der Waals surface area contributed by atoms with Crippen LogP contribution in [-0.2, 0) is 19.7 Å². The first-order chi connectivity index (χ1) is 8.59. The van der Waals surface area contributed by atoms with Crippen LogP contribution in [-0.4, -0.2) is 40.1 Å². The molecule has 1 N–H and O–H groups in total. The van der Waals surface area contributed by atoms with Crippen LogP contribution in [0.2, 0.25) is 6.04 Å². The Morgan fingerprint density at radius 2 is 1.89 bits per heavy atom. The van der Waals surface area contributed by atoms with E-state index in [2.05, 4.69) is 16.9 Å². The first kappa shape index (κ1) is 15.4. The number of hydrogen-bond donors (Lipinski definition) is 1. The lowest BCUT2D eigenvalue weighted by Crippen LogP contribution is -2.44. The predicted octanol–water partition coefficient (Wildman–Crippen LogP) is 2.16. The molecule has 5 nitrogen and oxygen atoms in total. The summed E-state index contributed by atoms with van der Waals surface area (Å²) in [5.41, 5.74) is 1.09. The molecule has 1 aromatic heterocycles. The van der Waals surface area contributed by atoms with E-state index in [4.69, 9.17) is 13.3 Å². The minimum Gasteiger partial charge on any atom is -0.377 e. The highest BCUT2D eigenvalue weighted by Crippen LogP contribution is 2.24. The lowest BCUT2D eigenvalue weighted by molar-refractivity contribution is 0.117. The Morgan fingerprint density at radius 3 is 2.28 bits per heavy atom. The van der Waals surface area contributed by atoms with Crippen LogP contribution in [0.3, 0.4) is 0 Å². The molecule has 0 amide bonds. The second kappa shape index (κ2) is 7.03. The molecule has 6 heteroatoms. The molecule has 18 heavy (non-hydrogen) atoms. The molecule has 0 aliphatic rings. The second-order valence-electron chi connectivity index (χ2n) is 4.49. The van der Waals surface area contributed by atoms with Crippen molar-refractivity contribution in [2.45, 2.75) is 32.7 Å². The molecule has 0 aliphatic carbocycles. The van der Waals surface area contributed by atoms with Crippen LogP contribution in [0, 0.1) is 12.8 Å². The third-order valence-corrected chi connectivity index (χ3v) is 6.23. The van der Waals surface area contributed by atoms with Crippen molar-refractivity contribution in [3.05, 3.63) is 17.7 Å². The van der Waals surface area contributed by atoms with Crippen LogP contribution in [0.4, 0.5) is 0 Å². The fourth-order valence-electron chi connectivity index (χ4n) is 2.06. The molecule has 0 saturated heterocycles. The number of aromatic amines is 1.